The molecule has 2 aliphatic rings. The number of carbonyl (C=O) groups excluding carboxylic acids is 3. The van der Waals surface area contributed by atoms with Crippen LogP contribution < -0.4 is 10.2 Å². The van der Waals surface area contributed by atoms with Gasteiger partial charge in [-0.2, -0.15) is 0 Å². The van der Waals surface area contributed by atoms with Gasteiger partial charge in [0.1, 0.15) is 5.78 Å². The molecule has 1 heterocycles. The van der Waals surface area contributed by atoms with E-state index in [4.69, 9.17) is 4.74 Å². The first kappa shape index (κ1) is 18.7. The minimum Gasteiger partial charge on any atom is -0.383 e. The number of rotatable bonds is 5. The Hall–Kier alpha value is -2.64. The van der Waals surface area contributed by atoms with Crippen molar-refractivity contribution in [3.63, 3.8) is 0 Å². The van der Waals surface area contributed by atoms with Crippen LogP contribution in [0.25, 0.3) is 0 Å². The molecule has 2 amide bonds. The van der Waals surface area contributed by atoms with Crippen LogP contribution in [0, 0.1) is 5.92 Å². The lowest BCUT2D eigenvalue weighted by molar-refractivity contribution is -0.135. The molecule has 144 valence electrons. The average molecular weight is 396 g/mol. The van der Waals surface area contributed by atoms with Crippen molar-refractivity contribution < 1.29 is 19.1 Å². The van der Waals surface area contributed by atoms with Gasteiger partial charge in [-0.05, 0) is 30.3 Å². The summed E-state index contributed by atoms with van der Waals surface area (Å²) in [5.74, 6) is -0.310. The summed E-state index contributed by atoms with van der Waals surface area (Å²) in [7, 11) is 1.61. The third kappa shape index (κ3) is 3.55. The zero-order chi connectivity index (χ0) is 19.7. The van der Waals surface area contributed by atoms with E-state index in [0.717, 1.165) is 15.5 Å². The molecule has 2 aromatic carbocycles. The predicted molar refractivity (Wildman–Crippen MR) is 107 cm³/mol. The summed E-state index contributed by atoms with van der Waals surface area (Å²) in [6.45, 7) is 0.860. The van der Waals surface area contributed by atoms with Crippen LogP contribution in [-0.2, 0) is 14.3 Å². The molecule has 1 saturated carbocycles. The molecule has 1 fully saturated rings. The van der Waals surface area contributed by atoms with Crippen LogP contribution in [0.3, 0.4) is 0 Å². The van der Waals surface area contributed by atoms with E-state index in [2.05, 4.69) is 5.32 Å². The van der Waals surface area contributed by atoms with Crippen molar-refractivity contribution in [2.24, 2.45) is 5.92 Å². The van der Waals surface area contributed by atoms with Crippen molar-refractivity contribution >= 4 is 40.7 Å². The second-order valence-corrected chi connectivity index (χ2v) is 7.95. The normalized spacial score (nSPS) is 16.1. The molecular weight excluding hydrogens is 376 g/mol. The van der Waals surface area contributed by atoms with Crippen molar-refractivity contribution in [3.8, 4) is 0 Å². The lowest BCUT2D eigenvalue weighted by Crippen LogP contribution is -2.35. The summed E-state index contributed by atoms with van der Waals surface area (Å²) in [4.78, 5) is 40.0. The maximum atomic E-state index is 13.1. The maximum absolute atomic E-state index is 13.1. The first-order chi connectivity index (χ1) is 13.6. The van der Waals surface area contributed by atoms with E-state index in [0.29, 0.717) is 37.2 Å². The van der Waals surface area contributed by atoms with Crippen LogP contribution in [0.5, 0.6) is 0 Å². The van der Waals surface area contributed by atoms with Crippen LogP contribution in [0.2, 0.25) is 0 Å². The van der Waals surface area contributed by atoms with Gasteiger partial charge in [-0.25, -0.2) is 0 Å². The van der Waals surface area contributed by atoms with E-state index < -0.39 is 0 Å². The highest BCUT2D eigenvalue weighted by Gasteiger charge is 2.33. The highest BCUT2D eigenvalue weighted by atomic mass is 32.2. The number of ketones is 1. The lowest BCUT2D eigenvalue weighted by atomic mass is 9.83. The first-order valence-corrected chi connectivity index (χ1v) is 9.93. The molecule has 0 spiro atoms. The molecule has 0 bridgehead atoms. The minimum atomic E-state index is -0.237. The molecule has 0 unspecified atom stereocenters. The van der Waals surface area contributed by atoms with Crippen LogP contribution in [0.1, 0.15) is 23.2 Å². The molecule has 0 saturated heterocycles. The molecule has 1 N–H and O–H groups in total. The van der Waals surface area contributed by atoms with Crippen LogP contribution in [0.15, 0.2) is 52.3 Å². The van der Waals surface area contributed by atoms with Gasteiger partial charge in [-0.15, -0.1) is 0 Å². The van der Waals surface area contributed by atoms with Gasteiger partial charge < -0.3 is 15.0 Å². The topological polar surface area (TPSA) is 75.7 Å². The fourth-order valence-electron chi connectivity index (χ4n) is 3.33. The van der Waals surface area contributed by atoms with Gasteiger partial charge in [-0.1, -0.05) is 23.9 Å². The van der Waals surface area contributed by atoms with Crippen molar-refractivity contribution in [3.05, 3.63) is 48.0 Å². The third-order valence-electron chi connectivity index (χ3n) is 4.94. The van der Waals surface area contributed by atoms with Gasteiger partial charge in [0.15, 0.2) is 0 Å². The van der Waals surface area contributed by atoms with Gasteiger partial charge in [0.2, 0.25) is 5.91 Å². The Morgan fingerprint density at radius 1 is 1.18 bits per heavy atom. The van der Waals surface area contributed by atoms with E-state index in [-0.39, 0.29) is 23.5 Å². The number of nitrogens with one attached hydrogen (secondary N) is 1. The predicted octanol–water partition coefficient (Wildman–Crippen LogP) is 3.36. The number of nitrogens with zero attached hydrogens (tertiary/aromatic N) is 1. The maximum Gasteiger partial charge on any atom is 0.259 e. The molecule has 2 aromatic rings. The quantitative estimate of drug-likeness (QED) is 0.839. The Morgan fingerprint density at radius 3 is 2.71 bits per heavy atom. The number of hydrogen-bond donors (Lipinski definition) is 1. The minimum absolute atomic E-state index is 0.0661. The largest absolute Gasteiger partial charge is 0.383 e. The van der Waals surface area contributed by atoms with Gasteiger partial charge >= 0.3 is 0 Å². The van der Waals surface area contributed by atoms with Crippen molar-refractivity contribution in [1.29, 1.82) is 0 Å². The zero-order valence-corrected chi connectivity index (χ0v) is 16.3. The van der Waals surface area contributed by atoms with E-state index >= 15 is 0 Å². The van der Waals surface area contributed by atoms with Crippen LogP contribution >= 0.6 is 11.8 Å². The Balaban J connectivity index is 1.66. The number of Topliss-reactive ketones (excluding diaryl/α,β-unsaturated/α-hetero) is 1. The summed E-state index contributed by atoms with van der Waals surface area (Å²) >= 11 is 1.51. The summed E-state index contributed by atoms with van der Waals surface area (Å²) in [5.41, 5.74) is 2.10. The highest BCUT2D eigenvalue weighted by Crippen LogP contribution is 2.42. The van der Waals surface area contributed by atoms with E-state index in [1.165, 1.54) is 11.8 Å². The fraction of sp³-hybridized carbons (Fsp3) is 0.286. The summed E-state index contributed by atoms with van der Waals surface area (Å²) < 4.78 is 5.18. The second kappa shape index (κ2) is 7.77. The number of amides is 2. The summed E-state index contributed by atoms with van der Waals surface area (Å²) in [5, 5.41) is 2.90. The Kier molecular flexibility index (Phi) is 5.19. The van der Waals surface area contributed by atoms with Gasteiger partial charge in [0.05, 0.1) is 23.8 Å². The van der Waals surface area contributed by atoms with Crippen molar-refractivity contribution in [2.75, 3.05) is 30.5 Å². The second-order valence-electron chi connectivity index (χ2n) is 6.86. The number of anilines is 2. The molecule has 1 aliphatic carbocycles. The zero-order valence-electron chi connectivity index (χ0n) is 15.4. The monoisotopic (exact) mass is 396 g/mol. The van der Waals surface area contributed by atoms with Crippen molar-refractivity contribution in [1.82, 2.24) is 0 Å². The molecule has 28 heavy (non-hydrogen) atoms. The SMILES string of the molecule is COCCN1C(=O)c2ccccc2Sc2cc(NC(=O)C3CC(=O)C3)ccc21. The number of fused-ring (bicyclic) bond motifs is 2. The molecule has 6 nitrogen and oxygen atoms in total. The number of hydrogen-bond acceptors (Lipinski definition) is 5. The Labute approximate surface area is 167 Å². The Morgan fingerprint density at radius 2 is 1.96 bits per heavy atom. The number of methoxy groups -OCH3 is 1. The van der Waals surface area contributed by atoms with E-state index in [1.54, 1.807) is 18.1 Å². The standard InChI is InChI=1S/C21H20N2O4S/c1-27-9-8-23-17-7-6-14(22-20(25)13-10-15(24)11-13)12-19(17)28-18-5-3-2-4-16(18)21(23)26/h2-7,12-13H,8-11H2,1H3,(H,22,25). The highest BCUT2D eigenvalue weighted by molar-refractivity contribution is 7.99. The molecule has 7 heteroatoms. The molecule has 4 rings (SSSR count). The first-order valence-electron chi connectivity index (χ1n) is 9.11. The number of carbonyl (C=O) groups is 3. The van der Waals surface area contributed by atoms with Gasteiger partial charge in [-0.3, -0.25) is 14.4 Å². The summed E-state index contributed by atoms with van der Waals surface area (Å²) in [6.07, 6.45) is 0.635. The van der Waals surface area contributed by atoms with Crippen molar-refractivity contribution in [2.45, 2.75) is 22.6 Å². The average Bonchev–Trinajstić information content (AvgIpc) is 2.78. The molecule has 1 aliphatic heterocycles. The van der Waals surface area contributed by atoms with E-state index in [9.17, 15) is 14.4 Å². The molecule has 0 aromatic heterocycles. The van der Waals surface area contributed by atoms with Gasteiger partial charge in [0.25, 0.3) is 5.91 Å². The number of ether oxygens (including phenoxy) is 1. The van der Waals surface area contributed by atoms with Crippen LogP contribution in [0.4, 0.5) is 11.4 Å². The van der Waals surface area contributed by atoms with E-state index in [1.807, 2.05) is 36.4 Å². The molecule has 0 radical (unpaired) electrons. The lowest BCUT2D eigenvalue weighted by Gasteiger charge is -2.24. The fourth-order valence-corrected chi connectivity index (χ4v) is 4.44. The smallest absolute Gasteiger partial charge is 0.259 e. The Bertz CT molecular complexity index is 951. The third-order valence-corrected chi connectivity index (χ3v) is 6.06. The molecule has 0 atom stereocenters. The molecular formula is C21H20N2O4S. The summed E-state index contributed by atoms with van der Waals surface area (Å²) in [6, 6.07) is 13.0. The number of benzene rings is 2. The van der Waals surface area contributed by atoms with Crippen LogP contribution in [-0.4, -0.2) is 37.9 Å². The van der Waals surface area contributed by atoms with Gasteiger partial charge in [0, 0.05) is 42.0 Å².